The van der Waals surface area contributed by atoms with Crippen molar-refractivity contribution in [3.05, 3.63) is 64.1 Å². The first-order valence-corrected chi connectivity index (χ1v) is 11.4. The van der Waals surface area contributed by atoms with Crippen molar-refractivity contribution in [1.82, 2.24) is 5.32 Å². The molecule has 1 amide bonds. The Morgan fingerprint density at radius 3 is 2.39 bits per heavy atom. The van der Waals surface area contributed by atoms with E-state index in [0.717, 1.165) is 0 Å². The lowest BCUT2D eigenvalue weighted by Gasteiger charge is -2.36. The summed E-state index contributed by atoms with van der Waals surface area (Å²) >= 11 is 12.4. The Labute approximate surface area is 174 Å². The highest BCUT2D eigenvalue weighted by Crippen LogP contribution is 2.39. The number of benzene rings is 2. The summed E-state index contributed by atoms with van der Waals surface area (Å²) in [6.45, 7) is 0.868. The Kier molecular flexibility index (Phi) is 6.65. The van der Waals surface area contributed by atoms with E-state index in [1.54, 1.807) is 48.5 Å². The summed E-state index contributed by atoms with van der Waals surface area (Å²) in [7, 11) is -3.47. The van der Waals surface area contributed by atoms with Gasteiger partial charge in [-0.25, -0.2) is 8.42 Å². The summed E-state index contributed by atoms with van der Waals surface area (Å²) in [4.78, 5) is 13.4. The maximum absolute atomic E-state index is 13.1. The van der Waals surface area contributed by atoms with Gasteiger partial charge in [0.05, 0.1) is 16.1 Å². The van der Waals surface area contributed by atoms with Crippen LogP contribution >= 0.6 is 23.2 Å². The van der Waals surface area contributed by atoms with E-state index in [1.807, 2.05) is 0 Å². The van der Waals surface area contributed by atoms with Crippen molar-refractivity contribution in [1.29, 1.82) is 0 Å². The molecule has 1 heterocycles. The van der Waals surface area contributed by atoms with Gasteiger partial charge in [0, 0.05) is 29.8 Å². The monoisotopic (exact) mass is 441 g/mol. The van der Waals surface area contributed by atoms with Crippen LogP contribution in [-0.4, -0.2) is 39.8 Å². The molecule has 1 N–H and O–H groups in total. The van der Waals surface area contributed by atoms with Crippen LogP contribution in [-0.2, 0) is 24.8 Å². The highest BCUT2D eigenvalue weighted by Gasteiger charge is 2.43. The van der Waals surface area contributed by atoms with Gasteiger partial charge in [-0.05, 0) is 42.7 Å². The average molecular weight is 442 g/mol. The molecule has 1 fully saturated rings. The second kappa shape index (κ2) is 8.82. The third kappa shape index (κ3) is 4.51. The van der Waals surface area contributed by atoms with Gasteiger partial charge in [0.25, 0.3) is 0 Å². The van der Waals surface area contributed by atoms with Crippen LogP contribution in [0.2, 0.25) is 10.0 Å². The molecule has 0 aromatic heterocycles. The summed E-state index contributed by atoms with van der Waals surface area (Å²) in [5, 5.41) is 3.70. The van der Waals surface area contributed by atoms with E-state index in [4.69, 9.17) is 27.9 Å². The number of halogens is 2. The van der Waals surface area contributed by atoms with Gasteiger partial charge in [-0.1, -0.05) is 47.5 Å². The lowest BCUT2D eigenvalue weighted by atomic mass is 9.73. The fraction of sp³-hybridized carbons (Fsp3) is 0.350. The molecular formula is C20H21Cl2NO4S. The molecule has 1 aliphatic heterocycles. The fourth-order valence-electron chi connectivity index (χ4n) is 3.43. The zero-order valence-electron chi connectivity index (χ0n) is 15.2. The van der Waals surface area contributed by atoms with E-state index in [2.05, 4.69) is 5.32 Å². The van der Waals surface area contributed by atoms with Crippen molar-refractivity contribution in [2.75, 3.05) is 25.5 Å². The normalized spacial score (nSPS) is 16.5. The van der Waals surface area contributed by atoms with E-state index in [0.29, 0.717) is 41.7 Å². The fourth-order valence-corrected chi connectivity index (χ4v) is 5.20. The molecule has 0 aliphatic carbocycles. The first-order chi connectivity index (χ1) is 13.3. The maximum atomic E-state index is 13.1. The van der Waals surface area contributed by atoms with Gasteiger partial charge < -0.3 is 10.1 Å². The van der Waals surface area contributed by atoms with Gasteiger partial charge in [-0.2, -0.15) is 0 Å². The van der Waals surface area contributed by atoms with Crippen molar-refractivity contribution in [2.24, 2.45) is 0 Å². The smallest absolute Gasteiger partial charge is 0.230 e. The lowest BCUT2D eigenvalue weighted by molar-refractivity contribution is -0.130. The SMILES string of the molecule is O=C(NCCS(=O)(=O)c1ccccc1)C1(c2ccc(Cl)cc2Cl)CCOCC1. The Morgan fingerprint density at radius 2 is 1.75 bits per heavy atom. The number of rotatable bonds is 6. The van der Waals surface area contributed by atoms with Crippen molar-refractivity contribution < 1.29 is 17.9 Å². The van der Waals surface area contributed by atoms with E-state index >= 15 is 0 Å². The molecular weight excluding hydrogens is 421 g/mol. The van der Waals surface area contributed by atoms with Crippen LogP contribution in [0.25, 0.3) is 0 Å². The van der Waals surface area contributed by atoms with Crippen molar-refractivity contribution >= 4 is 38.9 Å². The molecule has 5 nitrogen and oxygen atoms in total. The Balaban J connectivity index is 1.76. The topological polar surface area (TPSA) is 72.5 Å². The second-order valence-corrected chi connectivity index (χ2v) is 9.66. The Bertz CT molecular complexity index is 942. The number of carbonyl (C=O) groups is 1. The highest BCUT2D eigenvalue weighted by atomic mass is 35.5. The van der Waals surface area contributed by atoms with Crippen LogP contribution in [0.1, 0.15) is 18.4 Å². The minimum Gasteiger partial charge on any atom is -0.381 e. The molecule has 1 aliphatic rings. The molecule has 1 saturated heterocycles. The quantitative estimate of drug-likeness (QED) is 0.742. The number of carbonyl (C=O) groups excluding carboxylic acids is 1. The number of nitrogens with one attached hydrogen (secondary N) is 1. The summed E-state index contributed by atoms with van der Waals surface area (Å²) < 4.78 is 30.3. The van der Waals surface area contributed by atoms with E-state index in [-0.39, 0.29) is 23.1 Å². The van der Waals surface area contributed by atoms with Crippen LogP contribution in [0, 0.1) is 0 Å². The Hall–Kier alpha value is -1.60. The van der Waals surface area contributed by atoms with Crippen LogP contribution in [0.15, 0.2) is 53.4 Å². The van der Waals surface area contributed by atoms with Crippen LogP contribution in [0.3, 0.4) is 0 Å². The van der Waals surface area contributed by atoms with Gasteiger partial charge in [0.2, 0.25) is 5.91 Å². The first kappa shape index (κ1) is 21.1. The summed E-state index contributed by atoms with van der Waals surface area (Å²) in [6, 6.07) is 13.3. The highest BCUT2D eigenvalue weighted by molar-refractivity contribution is 7.91. The molecule has 150 valence electrons. The van der Waals surface area contributed by atoms with Crippen LogP contribution in [0.5, 0.6) is 0 Å². The minimum atomic E-state index is -3.47. The van der Waals surface area contributed by atoms with Crippen molar-refractivity contribution in [3.63, 3.8) is 0 Å². The molecule has 2 aromatic rings. The second-order valence-electron chi connectivity index (χ2n) is 6.71. The summed E-state index contributed by atoms with van der Waals surface area (Å²) in [5.74, 6) is -0.424. The first-order valence-electron chi connectivity index (χ1n) is 8.94. The zero-order chi connectivity index (χ0) is 20.2. The van der Waals surface area contributed by atoms with Crippen LogP contribution < -0.4 is 5.32 Å². The van der Waals surface area contributed by atoms with E-state index < -0.39 is 15.3 Å². The average Bonchev–Trinajstić information content (AvgIpc) is 2.69. The van der Waals surface area contributed by atoms with E-state index in [9.17, 15) is 13.2 Å². The van der Waals surface area contributed by atoms with E-state index in [1.165, 1.54) is 0 Å². The molecule has 2 aromatic carbocycles. The van der Waals surface area contributed by atoms with Crippen LogP contribution in [0.4, 0.5) is 0 Å². The van der Waals surface area contributed by atoms with Gasteiger partial charge in [-0.15, -0.1) is 0 Å². The molecule has 8 heteroatoms. The number of hydrogen-bond acceptors (Lipinski definition) is 4. The molecule has 0 bridgehead atoms. The summed E-state index contributed by atoms with van der Waals surface area (Å²) in [5.41, 5.74) is -0.179. The van der Waals surface area contributed by atoms with Gasteiger partial charge in [-0.3, -0.25) is 4.79 Å². The largest absolute Gasteiger partial charge is 0.381 e. The molecule has 0 radical (unpaired) electrons. The number of sulfone groups is 1. The third-order valence-corrected chi connectivity index (χ3v) is 7.27. The minimum absolute atomic E-state index is 0.0177. The number of hydrogen-bond donors (Lipinski definition) is 1. The predicted octanol–water partition coefficient (Wildman–Crippen LogP) is 3.63. The zero-order valence-corrected chi connectivity index (χ0v) is 17.5. The standard InChI is InChI=1S/C20H21Cl2NO4S/c21-15-6-7-17(18(22)14-15)20(8-11-27-12-9-20)19(24)23-10-13-28(25,26)16-4-2-1-3-5-16/h1-7,14H,8-13H2,(H,23,24). The molecule has 28 heavy (non-hydrogen) atoms. The predicted molar refractivity (Wildman–Crippen MR) is 110 cm³/mol. The number of amides is 1. The lowest BCUT2D eigenvalue weighted by Crippen LogP contribution is -2.49. The molecule has 0 atom stereocenters. The summed E-state index contributed by atoms with van der Waals surface area (Å²) in [6.07, 6.45) is 0.928. The molecule has 0 spiro atoms. The van der Waals surface area contributed by atoms with Crippen molar-refractivity contribution in [2.45, 2.75) is 23.2 Å². The number of ether oxygens (including phenoxy) is 1. The third-order valence-electron chi connectivity index (χ3n) is 4.99. The van der Waals surface area contributed by atoms with Gasteiger partial charge in [0.15, 0.2) is 9.84 Å². The van der Waals surface area contributed by atoms with Gasteiger partial charge in [0.1, 0.15) is 0 Å². The Morgan fingerprint density at radius 1 is 1.07 bits per heavy atom. The van der Waals surface area contributed by atoms with Crippen molar-refractivity contribution in [3.8, 4) is 0 Å². The molecule has 0 unspecified atom stereocenters. The van der Waals surface area contributed by atoms with Gasteiger partial charge >= 0.3 is 0 Å². The molecule has 0 saturated carbocycles. The maximum Gasteiger partial charge on any atom is 0.230 e. The molecule has 3 rings (SSSR count).